The second-order valence-corrected chi connectivity index (χ2v) is 5.89. The molecule has 1 unspecified atom stereocenters. The summed E-state index contributed by atoms with van der Waals surface area (Å²) in [6.45, 7) is -0.869. The van der Waals surface area contributed by atoms with E-state index in [0.29, 0.717) is 13.0 Å². The van der Waals surface area contributed by atoms with E-state index in [-0.39, 0.29) is 40.8 Å². The molecule has 0 saturated heterocycles. The molecule has 0 spiro atoms. The number of rotatable bonds is 5. The molecule has 124 valence electrons. The average Bonchev–Trinajstić information content (AvgIpc) is 2.97. The number of hydrogen-bond donors (Lipinski definition) is 0. The normalized spacial score (nSPS) is 26.5. The van der Waals surface area contributed by atoms with Crippen LogP contribution in [0.2, 0.25) is 0 Å². The van der Waals surface area contributed by atoms with E-state index in [2.05, 4.69) is 0 Å². The third-order valence-electron chi connectivity index (χ3n) is 3.97. The molecule has 3 rings (SSSR count). The number of nitriles is 1. The van der Waals surface area contributed by atoms with E-state index in [0.717, 1.165) is 0 Å². The molecule has 4 heteroatoms. The van der Waals surface area contributed by atoms with Crippen molar-refractivity contribution in [1.82, 2.24) is 4.90 Å². The van der Waals surface area contributed by atoms with Crippen molar-refractivity contribution in [2.24, 2.45) is 0 Å². The van der Waals surface area contributed by atoms with Gasteiger partial charge in [0.25, 0.3) is 0 Å². The second kappa shape index (κ2) is 6.72. The molecular formula is C20H21FN2O. The molecule has 0 amide bonds. The first-order valence-corrected chi connectivity index (χ1v) is 7.53. The van der Waals surface area contributed by atoms with Gasteiger partial charge in [0.05, 0.1) is 27.8 Å². The van der Waals surface area contributed by atoms with Crippen molar-refractivity contribution in [3.63, 3.8) is 0 Å². The van der Waals surface area contributed by atoms with Crippen molar-refractivity contribution in [3.8, 4) is 6.07 Å². The van der Waals surface area contributed by atoms with Crippen molar-refractivity contribution < 1.29 is 18.7 Å². The van der Waals surface area contributed by atoms with Gasteiger partial charge in [0.15, 0.2) is 0 Å². The average molecular weight is 331 g/mol. The van der Waals surface area contributed by atoms with Crippen molar-refractivity contribution in [2.45, 2.75) is 25.0 Å². The van der Waals surface area contributed by atoms with Gasteiger partial charge in [0.2, 0.25) is 0 Å². The Morgan fingerprint density at radius 2 is 2.12 bits per heavy atom. The Balaban J connectivity index is 2.38. The highest BCUT2D eigenvalue weighted by Crippen LogP contribution is 2.45. The van der Waals surface area contributed by atoms with Crippen LogP contribution in [0.1, 0.15) is 44.7 Å². The molecule has 0 saturated carbocycles. The van der Waals surface area contributed by atoms with Crippen molar-refractivity contribution in [2.75, 3.05) is 20.6 Å². The third-order valence-corrected chi connectivity index (χ3v) is 3.97. The maximum atomic E-state index is 14.2. The fourth-order valence-corrected chi connectivity index (χ4v) is 2.83. The predicted molar refractivity (Wildman–Crippen MR) is 90.9 cm³/mol. The van der Waals surface area contributed by atoms with Gasteiger partial charge in [0.1, 0.15) is 11.4 Å². The third kappa shape index (κ3) is 3.06. The van der Waals surface area contributed by atoms with Crippen molar-refractivity contribution in [3.05, 3.63) is 70.4 Å². The lowest BCUT2D eigenvalue weighted by atomic mass is 9.81. The van der Waals surface area contributed by atoms with Crippen LogP contribution < -0.4 is 0 Å². The van der Waals surface area contributed by atoms with Crippen LogP contribution in [0.15, 0.2) is 42.3 Å². The highest BCUT2D eigenvalue weighted by Gasteiger charge is 2.41. The van der Waals surface area contributed by atoms with Gasteiger partial charge < -0.3 is 9.64 Å². The second-order valence-electron chi connectivity index (χ2n) is 5.89. The van der Waals surface area contributed by atoms with Crippen LogP contribution in [0, 0.1) is 17.1 Å². The van der Waals surface area contributed by atoms with Gasteiger partial charge in [0, 0.05) is 0 Å². The lowest BCUT2D eigenvalue weighted by Gasteiger charge is -2.31. The van der Waals surface area contributed by atoms with E-state index >= 15 is 0 Å². The number of fused-ring (bicyclic) bond motifs is 1. The fraction of sp³-hybridized carbons (Fsp3) is 0.350. The van der Waals surface area contributed by atoms with E-state index in [4.69, 9.17) is 14.3 Å². The van der Waals surface area contributed by atoms with Crippen molar-refractivity contribution in [1.29, 1.82) is 5.26 Å². The molecule has 1 heterocycles. The highest BCUT2D eigenvalue weighted by molar-refractivity contribution is 5.47. The first-order chi connectivity index (χ1) is 14.5. The van der Waals surface area contributed by atoms with Gasteiger partial charge in [-0.25, -0.2) is 4.39 Å². The molecule has 24 heavy (non-hydrogen) atoms. The Hall–Kier alpha value is -2.22. The summed E-state index contributed by atoms with van der Waals surface area (Å²) in [5.74, 6) is -1.29. The maximum absolute atomic E-state index is 14.2. The highest BCUT2D eigenvalue weighted by atomic mass is 19.1. The van der Waals surface area contributed by atoms with E-state index in [1.165, 1.54) is 6.07 Å². The molecule has 2 atom stereocenters. The van der Waals surface area contributed by atoms with Crippen LogP contribution >= 0.6 is 0 Å². The summed E-state index contributed by atoms with van der Waals surface area (Å²) < 4.78 is 77.5. The molecule has 0 bridgehead atoms. The van der Waals surface area contributed by atoms with E-state index < -0.39 is 42.2 Å². The van der Waals surface area contributed by atoms with Gasteiger partial charge in [-0.3, -0.25) is 0 Å². The maximum Gasteiger partial charge on any atom is 0.123 e. The minimum absolute atomic E-state index is 0.0404. The summed E-state index contributed by atoms with van der Waals surface area (Å²) in [6, 6.07) is -0.511. The quantitative estimate of drug-likeness (QED) is 0.836. The van der Waals surface area contributed by atoms with Crippen LogP contribution in [0.4, 0.5) is 4.39 Å². The summed E-state index contributed by atoms with van der Waals surface area (Å²) >= 11 is 0. The smallest absolute Gasteiger partial charge is 0.123 e. The van der Waals surface area contributed by atoms with Gasteiger partial charge >= 0.3 is 0 Å². The fourth-order valence-electron chi connectivity index (χ4n) is 2.83. The number of ether oxygens (including phenoxy) is 1. The Kier molecular flexibility index (Phi) is 2.78. The van der Waals surface area contributed by atoms with E-state index in [9.17, 15) is 9.65 Å². The molecule has 2 aromatic rings. The molecule has 0 aliphatic carbocycles. The van der Waals surface area contributed by atoms with Crippen LogP contribution in [0.25, 0.3) is 0 Å². The number of benzene rings is 2. The first-order valence-electron chi connectivity index (χ1n) is 11.1. The topological polar surface area (TPSA) is 36.3 Å². The minimum atomic E-state index is -1.69. The molecule has 2 aromatic carbocycles. The molecule has 3 nitrogen and oxygen atoms in total. The largest absolute Gasteiger partial charge is 0.361 e. The molecule has 0 radical (unpaired) electrons. The summed E-state index contributed by atoms with van der Waals surface area (Å²) in [4.78, 5) is 1.89. The molecule has 1 aliphatic rings. The molecular weight excluding hydrogens is 303 g/mol. The van der Waals surface area contributed by atoms with Crippen LogP contribution in [0.3, 0.4) is 0 Å². The first kappa shape index (κ1) is 9.93. The van der Waals surface area contributed by atoms with Crippen LogP contribution in [0.5, 0.6) is 0 Å². The zero-order chi connectivity index (χ0) is 23.2. The molecule has 1 aliphatic heterocycles. The Labute approximate surface area is 152 Å². The number of halogens is 1. The minimum Gasteiger partial charge on any atom is -0.361 e. The van der Waals surface area contributed by atoms with Gasteiger partial charge in [-0.15, -0.1) is 0 Å². The van der Waals surface area contributed by atoms with Gasteiger partial charge in [-0.05, 0) is 74.3 Å². The zero-order valence-corrected chi connectivity index (χ0v) is 13.5. The predicted octanol–water partition coefficient (Wildman–Crippen LogP) is 3.81. The van der Waals surface area contributed by atoms with Gasteiger partial charge in [-0.2, -0.15) is 5.26 Å². The summed E-state index contributed by atoms with van der Waals surface area (Å²) in [7, 11) is 3.69. The molecule has 0 fully saturated rings. The van der Waals surface area contributed by atoms with Crippen LogP contribution in [-0.4, -0.2) is 25.5 Å². The van der Waals surface area contributed by atoms with Crippen molar-refractivity contribution >= 4 is 0 Å². The lowest BCUT2D eigenvalue weighted by Crippen LogP contribution is -2.28. The summed E-state index contributed by atoms with van der Waals surface area (Å²) in [6.07, 6.45) is 0.567. The number of nitrogens with zero attached hydrogens (tertiary/aromatic N) is 2. The summed E-state index contributed by atoms with van der Waals surface area (Å²) in [5, 5.41) is 9.31. The Morgan fingerprint density at radius 1 is 1.38 bits per heavy atom. The molecule has 0 N–H and O–H groups in total. The number of hydrogen-bond acceptors (Lipinski definition) is 3. The Morgan fingerprint density at radius 3 is 2.79 bits per heavy atom. The zero-order valence-electron chi connectivity index (χ0n) is 20.5. The van der Waals surface area contributed by atoms with E-state index in [1.54, 1.807) is 6.07 Å². The van der Waals surface area contributed by atoms with E-state index in [1.807, 2.05) is 19.0 Å². The standard InChI is InChI=1S/C20H21FN2O/c1-23(2)11-3-10-20(17-5-7-18(21)8-6-17)19-9-4-15(13-22)12-16(19)14-24-20/h4-9,12H,3,10-11,14H2,1-2H3/t20-/m0/s1/i4D,5D,6D,7D,8D,12D,14D/t14?,20-. The molecule has 0 aromatic heterocycles. The lowest BCUT2D eigenvalue weighted by molar-refractivity contribution is -0.0140. The Bertz CT molecular complexity index is 1070. The van der Waals surface area contributed by atoms with Gasteiger partial charge in [-0.1, -0.05) is 18.2 Å². The SMILES string of the molecule is [2H]c1cc2c(c([2H])c1C#N)C([2H])O[C@@]2(CCCN(C)C)c1c([2H])c([2H])c(F)c([2H])c1[2H]. The summed E-state index contributed by atoms with van der Waals surface area (Å²) in [5.41, 5.74) is -1.93. The monoisotopic (exact) mass is 331 g/mol. The van der Waals surface area contributed by atoms with Crippen LogP contribution in [-0.2, 0) is 16.9 Å².